The van der Waals surface area contributed by atoms with E-state index in [-0.39, 0.29) is 5.91 Å². The lowest BCUT2D eigenvalue weighted by Gasteiger charge is -2.31. The van der Waals surface area contributed by atoms with Crippen LogP contribution in [0.25, 0.3) is 0 Å². The number of nitrogens with one attached hydrogen (secondary N) is 1. The van der Waals surface area contributed by atoms with Crippen LogP contribution in [0.15, 0.2) is 0 Å². The van der Waals surface area contributed by atoms with Crippen molar-refractivity contribution in [1.82, 2.24) is 5.32 Å². The minimum atomic E-state index is -0.842. The molecule has 1 fully saturated rings. The van der Waals surface area contributed by atoms with E-state index in [9.17, 15) is 9.00 Å². The molecule has 94 valence electrons. The van der Waals surface area contributed by atoms with Crippen molar-refractivity contribution < 1.29 is 13.7 Å². The number of carbonyl (C=O) groups is 1. The molecule has 1 saturated heterocycles. The Hall–Kier alpha value is -0.460. The lowest BCUT2D eigenvalue weighted by molar-refractivity contribution is -0.129. The first kappa shape index (κ1) is 13.6. The van der Waals surface area contributed by atoms with Crippen molar-refractivity contribution >= 4 is 16.7 Å². The molecule has 6 heteroatoms. The molecule has 0 aromatic heterocycles. The van der Waals surface area contributed by atoms with E-state index >= 15 is 0 Å². The summed E-state index contributed by atoms with van der Waals surface area (Å²) in [6.07, 6.45) is 1.10. The van der Waals surface area contributed by atoms with Gasteiger partial charge >= 0.3 is 0 Å². The molecule has 0 bridgehead atoms. The molecule has 0 radical (unpaired) electrons. The molecule has 1 rings (SSSR count). The van der Waals surface area contributed by atoms with Crippen molar-refractivity contribution in [3.8, 4) is 0 Å². The quantitative estimate of drug-likeness (QED) is 0.679. The number of amides is 1. The predicted molar refractivity (Wildman–Crippen MR) is 63.5 cm³/mol. The molecule has 1 aliphatic heterocycles. The highest BCUT2D eigenvalue weighted by Gasteiger charge is 2.35. The number of nitrogens with two attached hydrogens (primary N) is 1. The highest BCUT2D eigenvalue weighted by atomic mass is 32.2. The highest BCUT2D eigenvalue weighted by Crippen LogP contribution is 2.17. The third kappa shape index (κ3) is 3.84. The summed E-state index contributed by atoms with van der Waals surface area (Å²) in [5, 5.41) is 2.75. The molecule has 1 aliphatic rings. The first-order valence-electron chi connectivity index (χ1n) is 5.58. The summed E-state index contributed by atoms with van der Waals surface area (Å²) in [6, 6.07) is 0. The highest BCUT2D eigenvalue weighted by molar-refractivity contribution is 7.84. The van der Waals surface area contributed by atoms with Crippen LogP contribution in [0.3, 0.4) is 0 Å². The molecule has 1 atom stereocenters. The fraction of sp³-hybridized carbons (Fsp3) is 0.900. The van der Waals surface area contributed by atoms with Crippen molar-refractivity contribution in [2.75, 3.05) is 31.3 Å². The molecule has 5 nitrogen and oxygen atoms in total. The Morgan fingerprint density at radius 1 is 1.50 bits per heavy atom. The third-order valence-electron chi connectivity index (χ3n) is 2.77. The summed E-state index contributed by atoms with van der Waals surface area (Å²) < 4.78 is 16.3. The monoisotopic (exact) mass is 248 g/mol. The van der Waals surface area contributed by atoms with E-state index in [0.717, 1.165) is 0 Å². The maximum Gasteiger partial charge on any atom is 0.240 e. The Bertz CT molecular complexity index is 265. The zero-order valence-corrected chi connectivity index (χ0v) is 10.5. The second-order valence-electron chi connectivity index (χ2n) is 3.96. The smallest absolute Gasteiger partial charge is 0.240 e. The fourth-order valence-corrected chi connectivity index (χ4v) is 2.18. The summed E-state index contributed by atoms with van der Waals surface area (Å²) in [5.41, 5.74) is 5.18. The maximum absolute atomic E-state index is 11.8. The van der Waals surface area contributed by atoms with Gasteiger partial charge in [-0.3, -0.25) is 9.00 Å². The molecule has 0 aromatic rings. The summed E-state index contributed by atoms with van der Waals surface area (Å²) in [6.45, 7) is 3.36. The molecule has 16 heavy (non-hydrogen) atoms. The number of hydrogen-bond donors (Lipinski definition) is 2. The Kier molecular flexibility index (Phi) is 5.37. The molecule has 0 spiro atoms. The molecule has 3 N–H and O–H groups in total. The Morgan fingerprint density at radius 2 is 2.12 bits per heavy atom. The van der Waals surface area contributed by atoms with E-state index in [1.807, 2.05) is 6.92 Å². The Morgan fingerprint density at radius 3 is 2.69 bits per heavy atom. The van der Waals surface area contributed by atoms with Crippen LogP contribution in [0.1, 0.15) is 19.8 Å². The largest absolute Gasteiger partial charge is 0.381 e. The topological polar surface area (TPSA) is 81.4 Å². The van der Waals surface area contributed by atoms with Gasteiger partial charge in [0, 0.05) is 42.1 Å². The van der Waals surface area contributed by atoms with Gasteiger partial charge < -0.3 is 15.8 Å². The Balaban J connectivity index is 2.31. The van der Waals surface area contributed by atoms with Gasteiger partial charge in [0.2, 0.25) is 5.91 Å². The van der Waals surface area contributed by atoms with Crippen LogP contribution in [0, 0.1) is 0 Å². The van der Waals surface area contributed by atoms with E-state index in [4.69, 9.17) is 10.5 Å². The Labute approximate surface area is 98.6 Å². The molecule has 0 aromatic carbocycles. The first-order chi connectivity index (χ1) is 7.58. The molecular formula is C10H20N2O3S. The minimum absolute atomic E-state index is 0.149. The van der Waals surface area contributed by atoms with Gasteiger partial charge in [-0.05, 0) is 12.8 Å². The summed E-state index contributed by atoms with van der Waals surface area (Å²) >= 11 is 0. The molecular weight excluding hydrogens is 228 g/mol. The SMILES string of the molecule is CCS(=O)CCNC(=O)C1(N)CCOCC1. The van der Waals surface area contributed by atoms with Crippen molar-refractivity contribution in [1.29, 1.82) is 0 Å². The van der Waals surface area contributed by atoms with Gasteiger partial charge in [0.15, 0.2) is 0 Å². The molecule has 1 heterocycles. The van der Waals surface area contributed by atoms with Gasteiger partial charge in [-0.15, -0.1) is 0 Å². The van der Waals surface area contributed by atoms with Crippen LogP contribution in [0.5, 0.6) is 0 Å². The first-order valence-corrected chi connectivity index (χ1v) is 7.07. The summed E-state index contributed by atoms with van der Waals surface area (Å²) in [4.78, 5) is 11.8. The number of rotatable bonds is 5. The van der Waals surface area contributed by atoms with Gasteiger partial charge in [0.05, 0.1) is 5.54 Å². The van der Waals surface area contributed by atoms with Gasteiger partial charge in [-0.1, -0.05) is 6.92 Å². The third-order valence-corrected chi connectivity index (χ3v) is 4.08. The van der Waals surface area contributed by atoms with Crippen LogP contribution in [-0.2, 0) is 20.3 Å². The number of hydrogen-bond acceptors (Lipinski definition) is 4. The second-order valence-corrected chi connectivity index (χ2v) is 5.82. The van der Waals surface area contributed by atoms with Gasteiger partial charge in [0.25, 0.3) is 0 Å². The number of ether oxygens (including phenoxy) is 1. The summed E-state index contributed by atoms with van der Waals surface area (Å²) in [7, 11) is -0.842. The number of carbonyl (C=O) groups excluding carboxylic acids is 1. The van der Waals surface area contributed by atoms with Crippen LogP contribution in [0.2, 0.25) is 0 Å². The molecule has 0 saturated carbocycles. The van der Waals surface area contributed by atoms with E-state index < -0.39 is 16.3 Å². The normalized spacial score (nSPS) is 21.4. The van der Waals surface area contributed by atoms with Crippen molar-refractivity contribution in [2.45, 2.75) is 25.3 Å². The minimum Gasteiger partial charge on any atom is -0.381 e. The summed E-state index contributed by atoms with van der Waals surface area (Å²) in [5.74, 6) is 0.968. The van der Waals surface area contributed by atoms with Gasteiger partial charge in [-0.25, -0.2) is 0 Å². The lowest BCUT2D eigenvalue weighted by Crippen LogP contribution is -2.57. The van der Waals surface area contributed by atoms with Crippen LogP contribution < -0.4 is 11.1 Å². The molecule has 0 aliphatic carbocycles. The molecule has 1 unspecified atom stereocenters. The van der Waals surface area contributed by atoms with Crippen LogP contribution >= 0.6 is 0 Å². The van der Waals surface area contributed by atoms with Crippen molar-refractivity contribution in [3.05, 3.63) is 0 Å². The average Bonchev–Trinajstić information content (AvgIpc) is 2.29. The maximum atomic E-state index is 11.8. The molecule has 1 amide bonds. The van der Waals surface area contributed by atoms with Crippen molar-refractivity contribution in [3.63, 3.8) is 0 Å². The predicted octanol–water partition coefficient (Wildman–Crippen LogP) is -0.621. The second kappa shape index (κ2) is 6.32. The average molecular weight is 248 g/mol. The fourth-order valence-electron chi connectivity index (χ4n) is 1.56. The van der Waals surface area contributed by atoms with Gasteiger partial charge in [-0.2, -0.15) is 0 Å². The van der Waals surface area contributed by atoms with E-state index in [1.165, 1.54) is 0 Å². The van der Waals surface area contributed by atoms with Crippen LogP contribution in [-0.4, -0.2) is 46.9 Å². The van der Waals surface area contributed by atoms with Crippen LogP contribution in [0.4, 0.5) is 0 Å². The zero-order valence-electron chi connectivity index (χ0n) is 9.66. The van der Waals surface area contributed by atoms with Crippen molar-refractivity contribution in [2.24, 2.45) is 5.73 Å². The zero-order chi connectivity index (χ0) is 12.0. The van der Waals surface area contributed by atoms with E-state index in [1.54, 1.807) is 0 Å². The van der Waals surface area contributed by atoms with E-state index in [2.05, 4.69) is 5.32 Å². The lowest BCUT2D eigenvalue weighted by atomic mass is 9.90. The van der Waals surface area contributed by atoms with Gasteiger partial charge in [0.1, 0.15) is 0 Å². The van der Waals surface area contributed by atoms with E-state index in [0.29, 0.717) is 44.1 Å². The standard InChI is InChI=1S/C10H20N2O3S/c1-2-16(14)8-5-12-9(13)10(11)3-6-15-7-4-10/h2-8,11H2,1H3,(H,12,13).